The van der Waals surface area contributed by atoms with Gasteiger partial charge >= 0.3 is 5.97 Å². The number of amides is 1. The van der Waals surface area contributed by atoms with Gasteiger partial charge in [0.1, 0.15) is 12.1 Å². The molecule has 1 fully saturated rings. The number of esters is 1. The molecule has 164 valence electrons. The quantitative estimate of drug-likeness (QED) is 0.516. The average Bonchev–Trinajstić information content (AvgIpc) is 2.69. The summed E-state index contributed by atoms with van der Waals surface area (Å²) in [5.41, 5.74) is 1.04. The van der Waals surface area contributed by atoms with Crippen molar-refractivity contribution in [3.63, 3.8) is 0 Å². The van der Waals surface area contributed by atoms with Gasteiger partial charge < -0.3 is 14.8 Å². The van der Waals surface area contributed by atoms with Crippen LogP contribution in [0.5, 0.6) is 0 Å². The number of hydrogen-bond donors (Lipinski definition) is 1. The number of benzene rings is 1. The van der Waals surface area contributed by atoms with E-state index >= 15 is 0 Å². The second kappa shape index (κ2) is 10.7. The fourth-order valence-electron chi connectivity index (χ4n) is 3.72. The van der Waals surface area contributed by atoms with Gasteiger partial charge in [0.2, 0.25) is 5.91 Å². The van der Waals surface area contributed by atoms with Crippen LogP contribution in [0.2, 0.25) is 5.02 Å². The van der Waals surface area contributed by atoms with Crippen LogP contribution in [0, 0.1) is 18.8 Å². The first kappa shape index (κ1) is 24.1. The van der Waals surface area contributed by atoms with Crippen LogP contribution in [0.25, 0.3) is 0 Å². The highest BCUT2D eigenvalue weighted by atomic mass is 35.5. The summed E-state index contributed by atoms with van der Waals surface area (Å²) in [6, 6.07) is 3.56. The van der Waals surface area contributed by atoms with E-state index in [0.29, 0.717) is 23.4 Å². The van der Waals surface area contributed by atoms with E-state index in [2.05, 4.69) is 17.2 Å². The molecule has 0 atom stereocenters. The number of aryl methyl sites for hydroxylation is 1. The topological polar surface area (TPSA) is 64.6 Å². The van der Waals surface area contributed by atoms with Crippen LogP contribution in [0.3, 0.4) is 0 Å². The van der Waals surface area contributed by atoms with E-state index in [1.807, 2.05) is 13.0 Å². The molecule has 0 saturated heterocycles. The second-order valence-corrected chi connectivity index (χ2v) is 7.76. The molecular formula is C22H26ClF2NO4. The minimum atomic E-state index is -2.54. The van der Waals surface area contributed by atoms with Gasteiger partial charge in [-0.05, 0) is 62.8 Å². The monoisotopic (exact) mass is 441 g/mol. The zero-order valence-corrected chi connectivity index (χ0v) is 18.1. The average molecular weight is 442 g/mol. The van der Waals surface area contributed by atoms with Gasteiger partial charge in [-0.25, -0.2) is 13.6 Å². The Balaban J connectivity index is 2.10. The van der Waals surface area contributed by atoms with Crippen LogP contribution >= 0.6 is 11.6 Å². The van der Waals surface area contributed by atoms with Crippen LogP contribution < -0.4 is 5.32 Å². The second-order valence-electron chi connectivity index (χ2n) is 7.35. The van der Waals surface area contributed by atoms with Gasteiger partial charge in [0.05, 0.1) is 19.6 Å². The SMILES string of the molecule is CC#Cc1cc(C)c(CC(=O)NC2(C(=O)OC)CCC(OCC(F)F)CC2)c(Cl)c1. The lowest BCUT2D eigenvalue weighted by atomic mass is 9.80. The highest BCUT2D eigenvalue weighted by Crippen LogP contribution is 2.32. The molecule has 0 bridgehead atoms. The minimum Gasteiger partial charge on any atom is -0.467 e. The molecule has 1 aromatic carbocycles. The van der Waals surface area contributed by atoms with Gasteiger partial charge in [0, 0.05) is 10.6 Å². The molecule has 1 saturated carbocycles. The molecule has 0 aliphatic heterocycles. The molecule has 0 radical (unpaired) electrons. The highest BCUT2D eigenvalue weighted by Gasteiger charge is 2.44. The largest absolute Gasteiger partial charge is 0.467 e. The summed E-state index contributed by atoms with van der Waals surface area (Å²) in [6.45, 7) is 2.93. The summed E-state index contributed by atoms with van der Waals surface area (Å²) in [5.74, 6) is 4.81. The molecule has 1 N–H and O–H groups in total. The predicted molar refractivity (Wildman–Crippen MR) is 110 cm³/mol. The first-order chi connectivity index (χ1) is 14.2. The van der Waals surface area contributed by atoms with E-state index < -0.39 is 24.5 Å². The number of ether oxygens (including phenoxy) is 2. The third-order valence-corrected chi connectivity index (χ3v) is 5.56. The van der Waals surface area contributed by atoms with Crippen LogP contribution in [0.1, 0.15) is 49.3 Å². The fourth-order valence-corrected chi connectivity index (χ4v) is 4.05. The van der Waals surface area contributed by atoms with Crippen LogP contribution in [0.4, 0.5) is 8.78 Å². The molecule has 0 unspecified atom stereocenters. The van der Waals surface area contributed by atoms with Crippen molar-refractivity contribution in [2.24, 2.45) is 0 Å². The molecule has 1 aliphatic rings. The van der Waals surface area contributed by atoms with Crippen molar-refractivity contribution in [3.8, 4) is 11.8 Å². The third-order valence-electron chi connectivity index (χ3n) is 5.22. The van der Waals surface area contributed by atoms with Crippen molar-refractivity contribution in [2.45, 2.75) is 64.0 Å². The van der Waals surface area contributed by atoms with E-state index in [4.69, 9.17) is 21.1 Å². The fraction of sp³-hybridized carbons (Fsp3) is 0.545. The Morgan fingerprint density at radius 3 is 2.53 bits per heavy atom. The summed E-state index contributed by atoms with van der Waals surface area (Å²) in [4.78, 5) is 25.2. The van der Waals surface area contributed by atoms with Crippen molar-refractivity contribution in [1.82, 2.24) is 5.32 Å². The van der Waals surface area contributed by atoms with Gasteiger partial charge in [-0.2, -0.15) is 0 Å². The summed E-state index contributed by atoms with van der Waals surface area (Å²) < 4.78 is 34.8. The van der Waals surface area contributed by atoms with E-state index in [0.717, 1.165) is 11.1 Å². The number of halogens is 3. The van der Waals surface area contributed by atoms with E-state index in [9.17, 15) is 18.4 Å². The number of methoxy groups -OCH3 is 1. The number of hydrogen-bond acceptors (Lipinski definition) is 4. The Bertz CT molecular complexity index is 816. The molecule has 2 rings (SSSR count). The molecule has 5 nitrogen and oxygen atoms in total. The summed E-state index contributed by atoms with van der Waals surface area (Å²) in [5, 5.41) is 3.24. The number of carbonyl (C=O) groups excluding carboxylic acids is 2. The molecule has 1 aromatic rings. The van der Waals surface area contributed by atoms with Gasteiger partial charge in [0.15, 0.2) is 0 Å². The Labute approximate surface area is 180 Å². The number of alkyl halides is 2. The molecule has 8 heteroatoms. The molecule has 1 aliphatic carbocycles. The Hall–Kier alpha value is -2.17. The van der Waals surface area contributed by atoms with Gasteiger partial charge in [-0.3, -0.25) is 4.79 Å². The van der Waals surface area contributed by atoms with Crippen LogP contribution in [-0.4, -0.2) is 43.7 Å². The first-order valence-corrected chi connectivity index (χ1v) is 10.1. The van der Waals surface area contributed by atoms with Gasteiger partial charge in [-0.15, -0.1) is 5.92 Å². The first-order valence-electron chi connectivity index (χ1n) is 9.71. The van der Waals surface area contributed by atoms with Crippen molar-refractivity contribution < 1.29 is 27.8 Å². The number of rotatable bonds is 7. The Morgan fingerprint density at radius 2 is 2.00 bits per heavy atom. The molecular weight excluding hydrogens is 416 g/mol. The van der Waals surface area contributed by atoms with Crippen molar-refractivity contribution in [2.75, 3.05) is 13.7 Å². The van der Waals surface area contributed by atoms with Crippen molar-refractivity contribution >= 4 is 23.5 Å². The Kier molecular flexibility index (Phi) is 8.63. The lowest BCUT2D eigenvalue weighted by Gasteiger charge is -2.38. The summed E-state index contributed by atoms with van der Waals surface area (Å²) >= 11 is 6.34. The third kappa shape index (κ3) is 6.16. The normalized spacial score (nSPS) is 21.0. The molecule has 0 aromatic heterocycles. The predicted octanol–water partition coefficient (Wildman–Crippen LogP) is 3.81. The summed E-state index contributed by atoms with van der Waals surface area (Å²) in [6.07, 6.45) is -1.70. The van der Waals surface area contributed by atoms with E-state index in [1.54, 1.807) is 13.0 Å². The van der Waals surface area contributed by atoms with Gasteiger partial charge in [-0.1, -0.05) is 17.5 Å². The minimum absolute atomic E-state index is 0.00540. The lowest BCUT2D eigenvalue weighted by molar-refractivity contribution is -0.154. The van der Waals surface area contributed by atoms with Crippen molar-refractivity contribution in [3.05, 3.63) is 33.8 Å². The van der Waals surface area contributed by atoms with Crippen LogP contribution in [-0.2, 0) is 25.5 Å². The lowest BCUT2D eigenvalue weighted by Crippen LogP contribution is -2.58. The maximum absolute atomic E-state index is 12.8. The highest BCUT2D eigenvalue weighted by molar-refractivity contribution is 6.31. The maximum atomic E-state index is 12.8. The van der Waals surface area contributed by atoms with Gasteiger partial charge in [0.25, 0.3) is 6.43 Å². The maximum Gasteiger partial charge on any atom is 0.331 e. The van der Waals surface area contributed by atoms with E-state index in [1.165, 1.54) is 7.11 Å². The zero-order valence-electron chi connectivity index (χ0n) is 17.3. The summed E-state index contributed by atoms with van der Waals surface area (Å²) in [7, 11) is 1.25. The standard InChI is InChI=1S/C22H26ClF2NO4/c1-4-5-15-10-14(2)17(18(23)11-15)12-20(27)26-22(21(28)29-3)8-6-16(7-9-22)30-13-19(24)25/h10-11,16,19H,6-9,12-13H2,1-3H3,(H,26,27). The molecule has 0 heterocycles. The molecule has 30 heavy (non-hydrogen) atoms. The molecule has 1 amide bonds. The Morgan fingerprint density at radius 1 is 1.33 bits per heavy atom. The van der Waals surface area contributed by atoms with Crippen LogP contribution in [0.15, 0.2) is 12.1 Å². The zero-order chi connectivity index (χ0) is 22.3. The molecule has 0 spiro atoms. The van der Waals surface area contributed by atoms with E-state index in [-0.39, 0.29) is 31.3 Å². The van der Waals surface area contributed by atoms with Crippen molar-refractivity contribution in [1.29, 1.82) is 0 Å². The number of carbonyl (C=O) groups is 2. The smallest absolute Gasteiger partial charge is 0.331 e. The number of nitrogens with one attached hydrogen (secondary N) is 1.